The Hall–Kier alpha value is -2.18. The van der Waals surface area contributed by atoms with Gasteiger partial charge < -0.3 is 10.1 Å². The van der Waals surface area contributed by atoms with Gasteiger partial charge in [0.25, 0.3) is 0 Å². The number of hydrogen-bond acceptors (Lipinski definition) is 4. The zero-order valence-electron chi connectivity index (χ0n) is 15.3. The molecular formula is C21H25NO4S. The fraction of sp³-hybridized carbons (Fsp3) is 0.381. The Balaban J connectivity index is 1.45. The molecule has 0 heterocycles. The molecule has 1 amide bonds. The van der Waals surface area contributed by atoms with Crippen molar-refractivity contribution in [2.75, 3.05) is 18.5 Å². The van der Waals surface area contributed by atoms with Crippen molar-refractivity contribution in [3.05, 3.63) is 60.2 Å². The average Bonchev–Trinajstić information content (AvgIpc) is 3.22. The molecule has 144 valence electrons. The van der Waals surface area contributed by atoms with E-state index in [4.69, 9.17) is 4.74 Å². The average molecular weight is 388 g/mol. The SMILES string of the molecule is O=C(COCCc1ccccc1)Nc1ccc(S(=O)(=O)C2CCCC2)cc1. The van der Waals surface area contributed by atoms with Crippen LogP contribution in [0.25, 0.3) is 0 Å². The second-order valence-corrected chi connectivity index (χ2v) is 9.04. The molecule has 0 spiro atoms. The number of hydrogen-bond donors (Lipinski definition) is 1. The Kier molecular flexibility index (Phi) is 6.63. The first-order valence-electron chi connectivity index (χ1n) is 9.31. The Morgan fingerprint density at radius 3 is 2.33 bits per heavy atom. The van der Waals surface area contributed by atoms with Crippen molar-refractivity contribution in [3.63, 3.8) is 0 Å². The molecule has 0 aromatic heterocycles. The summed E-state index contributed by atoms with van der Waals surface area (Å²) in [5, 5.41) is 2.46. The quantitative estimate of drug-likeness (QED) is 0.703. The van der Waals surface area contributed by atoms with Gasteiger partial charge >= 0.3 is 0 Å². The highest BCUT2D eigenvalue weighted by Gasteiger charge is 2.30. The largest absolute Gasteiger partial charge is 0.371 e. The fourth-order valence-corrected chi connectivity index (χ4v) is 5.17. The Bertz CT molecular complexity index is 842. The predicted octanol–water partition coefficient (Wildman–Crippen LogP) is 3.60. The summed E-state index contributed by atoms with van der Waals surface area (Å²) in [5.74, 6) is -0.255. The van der Waals surface area contributed by atoms with E-state index in [9.17, 15) is 13.2 Å². The van der Waals surface area contributed by atoms with Gasteiger partial charge in [0.1, 0.15) is 6.61 Å². The summed E-state index contributed by atoms with van der Waals surface area (Å²) in [4.78, 5) is 12.3. The molecule has 27 heavy (non-hydrogen) atoms. The van der Waals surface area contributed by atoms with E-state index in [0.717, 1.165) is 37.7 Å². The lowest BCUT2D eigenvalue weighted by molar-refractivity contribution is -0.120. The van der Waals surface area contributed by atoms with E-state index in [0.29, 0.717) is 17.2 Å². The highest BCUT2D eigenvalue weighted by atomic mass is 32.2. The number of rotatable bonds is 8. The van der Waals surface area contributed by atoms with Gasteiger partial charge in [-0.1, -0.05) is 43.2 Å². The van der Waals surface area contributed by atoms with Crippen LogP contribution in [0.2, 0.25) is 0 Å². The normalized spacial score (nSPS) is 15.0. The molecule has 0 bridgehead atoms. The van der Waals surface area contributed by atoms with Gasteiger partial charge in [0.15, 0.2) is 9.84 Å². The van der Waals surface area contributed by atoms with Crippen molar-refractivity contribution < 1.29 is 17.9 Å². The third-order valence-electron chi connectivity index (χ3n) is 4.82. The standard InChI is InChI=1S/C21H25NO4S/c23-21(16-26-15-14-17-6-2-1-3-7-17)22-18-10-12-20(13-11-18)27(24,25)19-8-4-5-9-19/h1-3,6-7,10-13,19H,4-5,8-9,14-16H2,(H,22,23). The molecule has 2 aromatic rings. The summed E-state index contributed by atoms with van der Waals surface area (Å²) in [5.41, 5.74) is 1.73. The Morgan fingerprint density at radius 1 is 1.00 bits per heavy atom. The van der Waals surface area contributed by atoms with E-state index >= 15 is 0 Å². The molecule has 1 saturated carbocycles. The molecule has 6 heteroatoms. The minimum Gasteiger partial charge on any atom is -0.371 e. The van der Waals surface area contributed by atoms with E-state index in [1.807, 2.05) is 30.3 Å². The van der Waals surface area contributed by atoms with Gasteiger partial charge in [0.2, 0.25) is 5.91 Å². The van der Waals surface area contributed by atoms with Crippen LogP contribution in [-0.2, 0) is 25.8 Å². The van der Waals surface area contributed by atoms with Crippen molar-refractivity contribution in [2.24, 2.45) is 0 Å². The zero-order chi connectivity index (χ0) is 19.1. The van der Waals surface area contributed by atoms with Crippen LogP contribution in [0, 0.1) is 0 Å². The first kappa shape index (κ1) is 19.6. The van der Waals surface area contributed by atoms with Gasteiger partial charge in [-0.15, -0.1) is 0 Å². The van der Waals surface area contributed by atoms with Crippen LogP contribution in [0.1, 0.15) is 31.2 Å². The van der Waals surface area contributed by atoms with Crippen LogP contribution in [0.15, 0.2) is 59.5 Å². The summed E-state index contributed by atoms with van der Waals surface area (Å²) in [6, 6.07) is 16.3. The van der Waals surface area contributed by atoms with Crippen LogP contribution in [-0.4, -0.2) is 32.8 Å². The molecule has 1 fully saturated rings. The number of nitrogens with one attached hydrogen (secondary N) is 1. The van der Waals surface area contributed by atoms with Crippen molar-refractivity contribution in [1.29, 1.82) is 0 Å². The number of anilines is 1. The van der Waals surface area contributed by atoms with Crippen molar-refractivity contribution in [2.45, 2.75) is 42.2 Å². The van der Waals surface area contributed by atoms with Crippen LogP contribution in [0.4, 0.5) is 5.69 Å². The molecule has 0 saturated heterocycles. The third-order valence-corrected chi connectivity index (χ3v) is 7.10. The molecule has 0 radical (unpaired) electrons. The van der Waals surface area contributed by atoms with Gasteiger partial charge in [0.05, 0.1) is 16.8 Å². The molecule has 1 aliphatic carbocycles. The summed E-state index contributed by atoms with van der Waals surface area (Å²) >= 11 is 0. The predicted molar refractivity (Wildman–Crippen MR) is 105 cm³/mol. The molecule has 1 N–H and O–H groups in total. The number of ether oxygens (including phenoxy) is 1. The monoisotopic (exact) mass is 387 g/mol. The van der Waals surface area contributed by atoms with E-state index in [2.05, 4.69) is 5.32 Å². The highest BCUT2D eigenvalue weighted by Crippen LogP contribution is 2.30. The van der Waals surface area contributed by atoms with E-state index in [-0.39, 0.29) is 17.8 Å². The molecule has 5 nitrogen and oxygen atoms in total. The minimum atomic E-state index is -3.27. The number of sulfone groups is 1. The van der Waals surface area contributed by atoms with Gasteiger partial charge in [0, 0.05) is 5.69 Å². The second-order valence-electron chi connectivity index (χ2n) is 6.81. The van der Waals surface area contributed by atoms with Crippen LogP contribution >= 0.6 is 0 Å². The maximum Gasteiger partial charge on any atom is 0.250 e. The summed E-state index contributed by atoms with van der Waals surface area (Å²) in [6.45, 7) is 0.435. The van der Waals surface area contributed by atoms with Crippen molar-refractivity contribution in [3.8, 4) is 0 Å². The van der Waals surface area contributed by atoms with Gasteiger partial charge in [-0.2, -0.15) is 0 Å². The Morgan fingerprint density at radius 2 is 1.67 bits per heavy atom. The first-order valence-corrected chi connectivity index (χ1v) is 10.9. The summed E-state index contributed by atoms with van der Waals surface area (Å²) in [6.07, 6.45) is 4.18. The van der Waals surface area contributed by atoms with Gasteiger partial charge in [-0.3, -0.25) is 4.79 Å². The van der Waals surface area contributed by atoms with E-state index in [1.165, 1.54) is 0 Å². The second kappa shape index (κ2) is 9.15. The molecule has 0 aliphatic heterocycles. The molecule has 3 rings (SSSR count). The lowest BCUT2D eigenvalue weighted by atomic mass is 10.2. The van der Waals surface area contributed by atoms with Crippen LogP contribution in [0.5, 0.6) is 0 Å². The summed E-state index contributed by atoms with van der Waals surface area (Å²) < 4.78 is 30.5. The van der Waals surface area contributed by atoms with Gasteiger partial charge in [-0.05, 0) is 49.1 Å². The molecule has 1 aliphatic rings. The molecular weight excluding hydrogens is 362 g/mol. The minimum absolute atomic E-state index is 0.0328. The third kappa shape index (κ3) is 5.40. The lowest BCUT2D eigenvalue weighted by Crippen LogP contribution is -2.20. The van der Waals surface area contributed by atoms with Crippen molar-refractivity contribution in [1.82, 2.24) is 0 Å². The van der Waals surface area contributed by atoms with Crippen LogP contribution < -0.4 is 5.32 Å². The number of carbonyl (C=O) groups is 1. The first-order chi connectivity index (χ1) is 13.1. The maximum atomic E-state index is 12.6. The topological polar surface area (TPSA) is 72.5 Å². The summed E-state index contributed by atoms with van der Waals surface area (Å²) in [7, 11) is -3.27. The van der Waals surface area contributed by atoms with Gasteiger partial charge in [-0.25, -0.2) is 8.42 Å². The molecule has 2 aromatic carbocycles. The number of benzene rings is 2. The maximum absolute atomic E-state index is 12.6. The lowest BCUT2D eigenvalue weighted by Gasteiger charge is -2.12. The molecule has 0 unspecified atom stereocenters. The number of amides is 1. The van der Waals surface area contributed by atoms with Crippen molar-refractivity contribution >= 4 is 21.4 Å². The molecule has 0 atom stereocenters. The number of carbonyl (C=O) groups excluding carboxylic acids is 1. The Labute approximate surface area is 160 Å². The van der Waals surface area contributed by atoms with Crippen LogP contribution in [0.3, 0.4) is 0 Å². The fourth-order valence-electron chi connectivity index (χ4n) is 3.32. The highest BCUT2D eigenvalue weighted by molar-refractivity contribution is 7.92. The van der Waals surface area contributed by atoms with E-state index < -0.39 is 9.84 Å². The van der Waals surface area contributed by atoms with E-state index in [1.54, 1.807) is 24.3 Å². The smallest absolute Gasteiger partial charge is 0.250 e. The zero-order valence-corrected chi connectivity index (χ0v) is 16.1.